The second kappa shape index (κ2) is 19.7. The van der Waals surface area contributed by atoms with Gasteiger partial charge in [-0.25, -0.2) is 19.9 Å². The largest absolute Gasteiger partial charge is 0.479 e. The van der Waals surface area contributed by atoms with Crippen LogP contribution in [0.2, 0.25) is 0 Å². The summed E-state index contributed by atoms with van der Waals surface area (Å²) in [6, 6.07) is 15.7. The molecule has 2 aliphatic rings. The smallest absolute Gasteiger partial charge is 0.435 e. The summed E-state index contributed by atoms with van der Waals surface area (Å²) in [5.41, 5.74) is 3.40. The Morgan fingerprint density at radius 3 is 2.35 bits per heavy atom. The summed E-state index contributed by atoms with van der Waals surface area (Å²) in [5.74, 6) is -0.660. The first-order valence-corrected chi connectivity index (χ1v) is 22.8. The summed E-state index contributed by atoms with van der Waals surface area (Å²) in [6.07, 6.45) is -2.97. The molecule has 1 N–H and O–H groups in total. The molecule has 7 aromatic rings. The number of pyridine rings is 3. The van der Waals surface area contributed by atoms with E-state index in [0.717, 1.165) is 27.4 Å². The van der Waals surface area contributed by atoms with Crippen LogP contribution in [0.5, 0.6) is 5.88 Å². The molecule has 0 bridgehead atoms. The normalized spacial score (nSPS) is 15.8. The molecule has 5 aromatic heterocycles. The highest BCUT2D eigenvalue weighted by atomic mass is 19.4. The van der Waals surface area contributed by atoms with Crippen LogP contribution < -0.4 is 19.4 Å². The Morgan fingerprint density at radius 2 is 1.69 bits per heavy atom. The number of aromatic nitrogens is 7. The number of hydrogen-bond acceptors (Lipinski definition) is 11. The van der Waals surface area contributed by atoms with E-state index in [9.17, 15) is 46.3 Å². The molecule has 1 fully saturated rings. The number of fused-ring (bicyclic) bond motifs is 2. The highest BCUT2D eigenvalue weighted by Crippen LogP contribution is 2.42. The molecule has 21 heteroatoms. The number of methoxy groups -OCH3 is 1. The van der Waals surface area contributed by atoms with E-state index in [1.807, 2.05) is 39.0 Å². The van der Waals surface area contributed by atoms with Gasteiger partial charge in [0, 0.05) is 91.6 Å². The number of aryl methyl sites for hydroxylation is 5. The molecule has 0 spiro atoms. The fourth-order valence-electron chi connectivity index (χ4n) is 9.28. The third-order valence-electron chi connectivity index (χ3n) is 12.6. The average molecular weight is 994 g/mol. The van der Waals surface area contributed by atoms with Crippen molar-refractivity contribution in [2.24, 2.45) is 7.05 Å². The maximum atomic E-state index is 14.3. The molecule has 7 heterocycles. The molecular weight excluding hydrogens is 945 g/mol. The minimum Gasteiger partial charge on any atom is -0.479 e. The molecule has 0 saturated carbocycles. The lowest BCUT2D eigenvalue weighted by Crippen LogP contribution is -2.49. The van der Waals surface area contributed by atoms with Gasteiger partial charge in [0.2, 0.25) is 5.88 Å². The molecule has 2 atom stereocenters. The fourth-order valence-corrected chi connectivity index (χ4v) is 9.28. The number of carbonyl (C=O) groups is 2. The van der Waals surface area contributed by atoms with E-state index in [0.29, 0.717) is 70.1 Å². The molecular formula is C51H49F6N11O4. The van der Waals surface area contributed by atoms with Gasteiger partial charge in [-0.3, -0.25) is 14.3 Å². The number of imidazole rings is 1. The maximum Gasteiger partial charge on any atom is 0.435 e. The standard InChI is InChI=1S/C30H28F3N7O2.C21H21F3N4O2/c1-5-19-13-23-25(10-17(2)35-26(23)28(36-19)42-4)40-8-6-20-21(24-15-38(3)37-27(24)30(31,32)33)11-18(12-22(20)29(40)41)14-39-9-7-34-16-39;1-12-5-4-6-14(9-12)27(3)20(30)18-17(29)7-8-28(18)19-15(11-25)16(21(22,23)24)10-13(2)26-19/h7,9-13,15-16H,5-6,8,14H2,1-4H3;4-6,9-10,17-18,29H,7-8H2,1-3H3. The van der Waals surface area contributed by atoms with Crippen LogP contribution in [-0.2, 0) is 43.6 Å². The van der Waals surface area contributed by atoms with Crippen molar-refractivity contribution in [3.8, 4) is 23.1 Å². The average Bonchev–Trinajstić information content (AvgIpc) is 4.10. The lowest BCUT2D eigenvalue weighted by molar-refractivity contribution is -0.141. The van der Waals surface area contributed by atoms with E-state index in [1.54, 1.807) is 64.6 Å². The van der Waals surface area contributed by atoms with Crippen LogP contribution in [0.1, 0.15) is 74.3 Å². The SMILES string of the molecule is CCc1cc2c(N3CCc4c(cc(Cn5ccnc5)cc4-c4cn(C)nc4C(F)(F)F)C3=O)cc(C)nc2c(OC)n1.Cc1cccc(N(C)C(=O)C2C(O)CCN2c2nc(C)cc(C(F)(F)F)c2C#N)c1. The topological polar surface area (TPSA) is 171 Å². The number of likely N-dealkylation sites (N-methyl/N-ethyl adjacent to an activating group) is 1. The van der Waals surface area contributed by atoms with E-state index in [4.69, 9.17) is 4.74 Å². The molecule has 72 heavy (non-hydrogen) atoms. The third kappa shape index (κ3) is 9.90. The molecule has 15 nitrogen and oxygen atoms in total. The van der Waals surface area contributed by atoms with Crippen molar-refractivity contribution in [3.63, 3.8) is 0 Å². The first kappa shape index (κ1) is 50.5. The van der Waals surface area contributed by atoms with Crippen molar-refractivity contribution >= 4 is 39.9 Å². The number of nitrogens with zero attached hydrogens (tertiary/aromatic N) is 11. The molecule has 9 rings (SSSR count). The van der Waals surface area contributed by atoms with Crippen LogP contribution in [0.15, 0.2) is 79.5 Å². The lowest BCUT2D eigenvalue weighted by atomic mass is 9.87. The van der Waals surface area contributed by atoms with Crippen molar-refractivity contribution in [2.75, 3.05) is 41.9 Å². The van der Waals surface area contributed by atoms with Gasteiger partial charge in [-0.1, -0.05) is 19.1 Å². The Kier molecular flexibility index (Phi) is 13.9. The number of anilines is 3. The number of alkyl halides is 6. The van der Waals surface area contributed by atoms with Crippen molar-refractivity contribution in [2.45, 2.75) is 78.0 Å². The Balaban J connectivity index is 0.000000204. The predicted molar refractivity (Wildman–Crippen MR) is 256 cm³/mol. The minimum absolute atomic E-state index is 0.0522. The zero-order valence-corrected chi connectivity index (χ0v) is 40.3. The molecule has 2 aromatic carbocycles. The van der Waals surface area contributed by atoms with Gasteiger partial charge in [-0.2, -0.15) is 36.7 Å². The number of halogens is 6. The van der Waals surface area contributed by atoms with Crippen molar-refractivity contribution in [1.82, 2.24) is 34.3 Å². The first-order chi connectivity index (χ1) is 34.1. The van der Waals surface area contributed by atoms with Crippen LogP contribution in [-0.4, -0.2) is 90.6 Å². The first-order valence-electron chi connectivity index (χ1n) is 22.8. The van der Waals surface area contributed by atoms with Gasteiger partial charge in [0.05, 0.1) is 30.8 Å². The van der Waals surface area contributed by atoms with Gasteiger partial charge in [-0.15, -0.1) is 0 Å². The van der Waals surface area contributed by atoms with E-state index >= 15 is 0 Å². The highest BCUT2D eigenvalue weighted by Gasteiger charge is 2.44. The summed E-state index contributed by atoms with van der Waals surface area (Å²) >= 11 is 0. The third-order valence-corrected chi connectivity index (χ3v) is 12.6. The van der Waals surface area contributed by atoms with Gasteiger partial charge in [0.1, 0.15) is 29.0 Å². The molecule has 1 saturated heterocycles. The van der Waals surface area contributed by atoms with E-state index in [1.165, 1.54) is 44.1 Å². The number of aliphatic hydroxyl groups excluding tert-OH is 1. The Bertz CT molecular complexity index is 3260. The van der Waals surface area contributed by atoms with Crippen LogP contribution in [0.4, 0.5) is 43.5 Å². The van der Waals surface area contributed by atoms with Crippen LogP contribution in [0, 0.1) is 32.1 Å². The van der Waals surface area contributed by atoms with E-state index < -0.39 is 47.2 Å². The van der Waals surface area contributed by atoms with Gasteiger partial charge in [0.15, 0.2) is 5.69 Å². The zero-order valence-electron chi connectivity index (χ0n) is 40.3. The number of hydrogen-bond donors (Lipinski definition) is 1. The Morgan fingerprint density at radius 1 is 0.958 bits per heavy atom. The number of aliphatic hydroxyl groups is 1. The fraction of sp³-hybridized carbons (Fsp3) is 0.333. The monoisotopic (exact) mass is 993 g/mol. The van der Waals surface area contributed by atoms with Gasteiger partial charge in [-0.05, 0) is 105 Å². The van der Waals surface area contributed by atoms with Crippen LogP contribution in [0.3, 0.4) is 0 Å². The molecule has 374 valence electrons. The Hall–Kier alpha value is -7.86. The number of ether oxygens (including phenoxy) is 1. The molecule has 2 amide bonds. The van der Waals surface area contributed by atoms with E-state index in [-0.39, 0.29) is 42.5 Å². The summed E-state index contributed by atoms with van der Waals surface area (Å²) in [7, 11) is 4.53. The maximum absolute atomic E-state index is 14.3. The minimum atomic E-state index is -4.75. The molecule has 0 radical (unpaired) electrons. The molecule has 2 aliphatic heterocycles. The molecule has 2 unspecified atom stereocenters. The highest BCUT2D eigenvalue weighted by molar-refractivity contribution is 6.13. The number of amides is 2. The number of carbonyl (C=O) groups excluding carboxylic acids is 2. The van der Waals surface area contributed by atoms with Gasteiger partial charge >= 0.3 is 12.4 Å². The summed E-state index contributed by atoms with van der Waals surface area (Å²) in [4.78, 5) is 49.2. The predicted octanol–water partition coefficient (Wildman–Crippen LogP) is 8.57. The van der Waals surface area contributed by atoms with Crippen molar-refractivity contribution < 1.29 is 45.8 Å². The summed E-state index contributed by atoms with van der Waals surface area (Å²) in [6.45, 7) is 7.77. The van der Waals surface area contributed by atoms with Gasteiger partial charge in [0.25, 0.3) is 11.8 Å². The molecule has 0 aliphatic carbocycles. The van der Waals surface area contributed by atoms with Gasteiger partial charge < -0.3 is 29.1 Å². The number of rotatable bonds is 9. The second-order valence-electron chi connectivity index (χ2n) is 17.7. The van der Waals surface area contributed by atoms with E-state index in [2.05, 4.69) is 25.0 Å². The quantitative estimate of drug-likeness (QED) is 0.137. The second-order valence-corrected chi connectivity index (χ2v) is 17.7. The summed E-state index contributed by atoms with van der Waals surface area (Å²) in [5, 5.41) is 24.4. The number of nitriles is 1. The lowest BCUT2D eigenvalue weighted by Gasteiger charge is -2.31. The van der Waals surface area contributed by atoms with Crippen LogP contribution >= 0.6 is 0 Å². The number of benzene rings is 2. The zero-order chi connectivity index (χ0) is 52.0. The summed E-state index contributed by atoms with van der Waals surface area (Å²) < 4.78 is 91.1. The van der Waals surface area contributed by atoms with Crippen molar-refractivity contribution in [3.05, 3.63) is 136 Å². The Labute approximate surface area is 409 Å². The van der Waals surface area contributed by atoms with Crippen molar-refractivity contribution in [1.29, 1.82) is 5.26 Å². The van der Waals surface area contributed by atoms with Crippen LogP contribution in [0.25, 0.3) is 22.0 Å².